The predicted octanol–water partition coefficient (Wildman–Crippen LogP) is 4.32. The maximum atomic E-state index is 12.2. The first kappa shape index (κ1) is 34.5. The van der Waals surface area contributed by atoms with Crippen LogP contribution in [0.1, 0.15) is 65.1 Å². The lowest BCUT2D eigenvalue weighted by atomic mass is 10.0. The Morgan fingerprint density at radius 1 is 1.31 bits per heavy atom. The zero-order valence-corrected chi connectivity index (χ0v) is 25.2. The summed E-state index contributed by atoms with van der Waals surface area (Å²) >= 11 is 1.47. The number of carbonyl (C=O) groups is 3. The van der Waals surface area contributed by atoms with E-state index in [1.54, 1.807) is 12.4 Å². The molecule has 0 aromatic carbocycles. The second-order valence-electron chi connectivity index (χ2n) is 11.7. The van der Waals surface area contributed by atoms with E-state index in [-0.39, 0.29) is 17.6 Å². The molecule has 42 heavy (non-hydrogen) atoms. The number of primary amides is 1. The number of ether oxygens (including phenoxy) is 1. The number of likely N-dealkylation sites (tertiary alicyclic amines) is 1. The van der Waals surface area contributed by atoms with Crippen LogP contribution in [0.25, 0.3) is 10.1 Å². The molecule has 0 bridgehead atoms. The molecule has 1 saturated heterocycles. The third-order valence-electron chi connectivity index (χ3n) is 7.11. The molecule has 3 amide bonds. The molecule has 13 heteroatoms. The third-order valence-corrected chi connectivity index (χ3v) is 8.03. The van der Waals surface area contributed by atoms with E-state index in [0.29, 0.717) is 23.8 Å². The molecule has 228 valence electrons. The van der Waals surface area contributed by atoms with Crippen molar-refractivity contribution in [1.29, 1.82) is 5.26 Å². The van der Waals surface area contributed by atoms with Crippen molar-refractivity contribution in [3.63, 3.8) is 0 Å². The first-order valence-electron chi connectivity index (χ1n) is 13.1. The number of carbonyl (C=O) groups excluding carboxylic acids is 3. The average molecular weight is 608 g/mol. The van der Waals surface area contributed by atoms with Crippen molar-refractivity contribution in [2.75, 3.05) is 13.1 Å². The maximum Gasteiger partial charge on any atom is 0.470 e. The Morgan fingerprint density at radius 3 is 2.33 bits per heavy atom. The number of hydrogen-bond donors (Lipinski definition) is 2. The number of halogens is 3. The maximum absolute atomic E-state index is 12.2. The second-order valence-corrected chi connectivity index (χ2v) is 12.6. The highest BCUT2D eigenvalue weighted by atomic mass is 32.1. The number of amides is 3. The molecule has 9 nitrogen and oxygen atoms in total. The Morgan fingerprint density at radius 2 is 1.88 bits per heavy atom. The van der Waals surface area contributed by atoms with Gasteiger partial charge in [0.05, 0.1) is 28.9 Å². The van der Waals surface area contributed by atoms with Gasteiger partial charge in [0.15, 0.2) is 0 Å². The van der Waals surface area contributed by atoms with Crippen LogP contribution in [-0.4, -0.2) is 59.1 Å². The number of pyridine rings is 1. The lowest BCUT2D eigenvalue weighted by molar-refractivity contribution is -0.169. The predicted molar refractivity (Wildman–Crippen MR) is 153 cm³/mol. The fourth-order valence-electron chi connectivity index (χ4n) is 4.96. The Bertz CT molecular complexity index is 1360. The monoisotopic (exact) mass is 607 g/mol. The molecule has 2 aromatic heterocycles. The summed E-state index contributed by atoms with van der Waals surface area (Å²) in [5.41, 5.74) is 5.46. The summed E-state index contributed by atoms with van der Waals surface area (Å²) in [5, 5.41) is 14.1. The highest BCUT2D eigenvalue weighted by Crippen LogP contribution is 2.62. The number of nitriles is 1. The molecule has 1 saturated carbocycles. The van der Waals surface area contributed by atoms with Gasteiger partial charge in [-0.25, -0.2) is 0 Å². The second kappa shape index (κ2) is 13.5. The van der Waals surface area contributed by atoms with Gasteiger partial charge in [-0.05, 0) is 44.9 Å². The van der Waals surface area contributed by atoms with Gasteiger partial charge in [-0.15, -0.1) is 17.8 Å². The average Bonchev–Trinajstić information content (AvgIpc) is 3.28. The smallest absolute Gasteiger partial charge is 0.372 e. The SMILES string of the molecule is C#Cc1csc2cncc(C(C#N)NC=O)c12.C[C@H](CC(=O)N1CC2C(C1)C2(C)C)OC(C)(C)C.NC(=O)C(F)(F)F. The zero-order chi connectivity index (χ0) is 32.0. The molecule has 0 spiro atoms. The highest BCUT2D eigenvalue weighted by molar-refractivity contribution is 7.17. The molecule has 1 aliphatic heterocycles. The van der Waals surface area contributed by atoms with Crippen molar-refractivity contribution in [3.8, 4) is 18.4 Å². The lowest BCUT2D eigenvalue weighted by Crippen LogP contribution is -2.36. The van der Waals surface area contributed by atoms with Crippen LogP contribution >= 0.6 is 11.3 Å². The topological polar surface area (TPSA) is 138 Å². The largest absolute Gasteiger partial charge is 0.470 e. The van der Waals surface area contributed by atoms with Gasteiger partial charge in [-0.2, -0.15) is 18.4 Å². The number of aromatic nitrogens is 1. The number of piperidine rings is 1. The van der Waals surface area contributed by atoms with Gasteiger partial charge in [0.1, 0.15) is 6.04 Å². The number of hydrogen-bond acceptors (Lipinski definition) is 7. The number of terminal acetylenes is 1. The van der Waals surface area contributed by atoms with E-state index >= 15 is 0 Å². The Hall–Kier alpha value is -3.68. The quantitative estimate of drug-likeness (QED) is 0.371. The van der Waals surface area contributed by atoms with Crippen LogP contribution in [0.3, 0.4) is 0 Å². The van der Waals surface area contributed by atoms with Crippen molar-refractivity contribution in [2.24, 2.45) is 23.0 Å². The Kier molecular flexibility index (Phi) is 11.1. The summed E-state index contributed by atoms with van der Waals surface area (Å²) in [6.45, 7) is 14.6. The summed E-state index contributed by atoms with van der Waals surface area (Å²) in [7, 11) is 0. The van der Waals surface area contributed by atoms with Gasteiger partial charge in [0.25, 0.3) is 0 Å². The fraction of sp³-hybridized carbons (Fsp3) is 0.552. The van der Waals surface area contributed by atoms with Gasteiger partial charge >= 0.3 is 12.1 Å². The van der Waals surface area contributed by atoms with E-state index in [4.69, 9.17) is 21.2 Å². The first-order chi connectivity index (χ1) is 19.4. The van der Waals surface area contributed by atoms with Crippen LogP contribution < -0.4 is 11.1 Å². The van der Waals surface area contributed by atoms with Crippen LogP contribution in [0.15, 0.2) is 17.8 Å². The normalized spacial score (nSPS) is 19.8. The summed E-state index contributed by atoms with van der Waals surface area (Å²) < 4.78 is 38.8. The molecule has 4 rings (SSSR count). The minimum Gasteiger partial charge on any atom is -0.372 e. The van der Waals surface area contributed by atoms with Crippen molar-refractivity contribution in [3.05, 3.63) is 28.9 Å². The number of alkyl halides is 3. The lowest BCUT2D eigenvalue weighted by Gasteiger charge is -2.27. The molecular weight excluding hydrogens is 571 g/mol. The molecular formula is C29H36F3N5O4S. The molecule has 3 heterocycles. The van der Waals surface area contributed by atoms with Gasteiger partial charge in [-0.3, -0.25) is 19.4 Å². The van der Waals surface area contributed by atoms with E-state index < -0.39 is 18.1 Å². The van der Waals surface area contributed by atoms with Crippen molar-refractivity contribution in [2.45, 2.75) is 71.9 Å². The Labute approximate surface area is 247 Å². The standard InChI is InChI=1S/C15H27NO2.C12H7N3OS.C2H2F3NO/c1-10(18-14(2,3)4)7-13(17)16-8-11-12(9-16)15(11,5)6;1-2-8-6-17-11-5-14-4-9(12(8)11)10(3-13)15-7-16;3-2(4,5)1(6)7/h10-12H,7-9H2,1-6H3;1,4-7,10H,(H,15,16);(H2,6,7)/t10-,11?,12?;;/m1../s1. The van der Waals surface area contributed by atoms with E-state index in [9.17, 15) is 22.8 Å². The Balaban J connectivity index is 0.000000241. The van der Waals surface area contributed by atoms with Gasteiger partial charge in [0, 0.05) is 47.4 Å². The molecule has 3 unspecified atom stereocenters. The van der Waals surface area contributed by atoms with Crippen LogP contribution in [0, 0.1) is 40.9 Å². The summed E-state index contributed by atoms with van der Waals surface area (Å²) in [6, 6.07) is 1.28. The highest BCUT2D eigenvalue weighted by Gasteiger charge is 2.62. The first-order valence-corrected chi connectivity index (χ1v) is 14.0. The van der Waals surface area contributed by atoms with Crippen molar-refractivity contribution < 1.29 is 32.3 Å². The molecule has 2 aromatic rings. The third kappa shape index (κ3) is 8.91. The molecule has 0 radical (unpaired) electrons. The van der Waals surface area contributed by atoms with Crippen molar-refractivity contribution >= 4 is 39.6 Å². The van der Waals surface area contributed by atoms with E-state index in [2.05, 4.69) is 35.8 Å². The minimum absolute atomic E-state index is 0.00226. The van der Waals surface area contributed by atoms with E-state index in [1.807, 2.05) is 44.0 Å². The number of nitrogens with zero attached hydrogens (tertiary/aromatic N) is 3. The van der Waals surface area contributed by atoms with Crippen LogP contribution in [0.2, 0.25) is 0 Å². The fourth-order valence-corrected chi connectivity index (χ4v) is 5.86. The van der Waals surface area contributed by atoms with E-state index in [1.165, 1.54) is 11.3 Å². The number of nitrogens with two attached hydrogens (primary N) is 1. The zero-order valence-electron chi connectivity index (χ0n) is 24.4. The number of thiophene rings is 1. The van der Waals surface area contributed by atoms with Crippen LogP contribution in [0.5, 0.6) is 0 Å². The molecule has 1 aliphatic carbocycles. The van der Waals surface area contributed by atoms with Crippen LogP contribution in [0.4, 0.5) is 13.2 Å². The summed E-state index contributed by atoms with van der Waals surface area (Å²) in [4.78, 5) is 37.8. The molecule has 3 N–H and O–H groups in total. The minimum atomic E-state index is -4.86. The number of fused-ring (bicyclic) bond motifs is 2. The molecule has 2 aliphatic rings. The van der Waals surface area contributed by atoms with Gasteiger partial charge in [-0.1, -0.05) is 19.8 Å². The van der Waals surface area contributed by atoms with E-state index in [0.717, 1.165) is 40.6 Å². The number of rotatable bonds is 6. The van der Waals surface area contributed by atoms with Gasteiger partial charge < -0.3 is 20.7 Å². The van der Waals surface area contributed by atoms with Gasteiger partial charge in [0.2, 0.25) is 12.3 Å². The summed E-state index contributed by atoms with van der Waals surface area (Å²) in [5.74, 6) is 2.04. The molecule has 2 fully saturated rings. The van der Waals surface area contributed by atoms with Crippen LogP contribution in [-0.2, 0) is 19.1 Å². The summed E-state index contributed by atoms with van der Waals surface area (Å²) in [6.07, 6.45) is 4.81. The number of nitrogens with one attached hydrogen (secondary N) is 1. The van der Waals surface area contributed by atoms with Crippen molar-refractivity contribution in [1.82, 2.24) is 15.2 Å². The molecule has 4 atom stereocenters.